The van der Waals surface area contributed by atoms with Crippen molar-refractivity contribution >= 4 is 20.8 Å². The Bertz CT molecular complexity index is 972. The van der Waals surface area contributed by atoms with Crippen molar-refractivity contribution in [1.29, 1.82) is 0 Å². The van der Waals surface area contributed by atoms with E-state index in [0.717, 1.165) is 29.2 Å². The Morgan fingerprint density at radius 2 is 1.92 bits per heavy atom. The fraction of sp³-hybridized carbons (Fsp3) is 0.294. The van der Waals surface area contributed by atoms with E-state index in [-0.39, 0.29) is 18.1 Å². The second kappa shape index (κ2) is 5.99. The van der Waals surface area contributed by atoms with E-state index in [1.165, 1.54) is 0 Å². The quantitative estimate of drug-likeness (QED) is 0.744. The van der Waals surface area contributed by atoms with Gasteiger partial charge in [0, 0.05) is 12.5 Å². The molecule has 1 saturated carbocycles. The van der Waals surface area contributed by atoms with E-state index in [9.17, 15) is 8.42 Å². The van der Waals surface area contributed by atoms with Gasteiger partial charge in [0.15, 0.2) is 5.82 Å². The fourth-order valence-corrected chi connectivity index (χ4v) is 3.61. The zero-order valence-electron chi connectivity index (χ0n) is 13.0. The first-order chi connectivity index (χ1) is 11.6. The zero-order chi connectivity index (χ0) is 16.6. The minimum absolute atomic E-state index is 0.210. The van der Waals surface area contributed by atoms with Gasteiger partial charge in [0.05, 0.1) is 0 Å². The predicted molar refractivity (Wildman–Crippen MR) is 89.7 cm³/mol. The lowest BCUT2D eigenvalue weighted by Crippen LogP contribution is -2.25. The van der Waals surface area contributed by atoms with Crippen LogP contribution in [0.15, 0.2) is 47.0 Å². The first-order valence-electron chi connectivity index (χ1n) is 7.87. The third-order valence-corrected chi connectivity index (χ3v) is 5.31. The van der Waals surface area contributed by atoms with Crippen LogP contribution in [0.1, 0.15) is 36.0 Å². The highest BCUT2D eigenvalue weighted by atomic mass is 32.2. The minimum Gasteiger partial charge on any atom is -0.339 e. The third kappa shape index (κ3) is 3.32. The number of fused-ring (bicyclic) bond motifs is 1. The molecular formula is C17H17N3O3S. The average Bonchev–Trinajstić information content (AvgIpc) is 3.33. The van der Waals surface area contributed by atoms with Gasteiger partial charge in [0.25, 0.3) is 0 Å². The molecule has 24 heavy (non-hydrogen) atoms. The van der Waals surface area contributed by atoms with Crippen molar-refractivity contribution in [2.75, 3.05) is 0 Å². The number of nitrogens with one attached hydrogen (secondary N) is 1. The summed E-state index contributed by atoms with van der Waals surface area (Å²) in [6, 6.07) is 13.7. The van der Waals surface area contributed by atoms with Crippen LogP contribution in [0.4, 0.5) is 0 Å². The average molecular weight is 343 g/mol. The summed E-state index contributed by atoms with van der Waals surface area (Å²) in [5, 5.41) is 5.89. The van der Waals surface area contributed by atoms with Gasteiger partial charge in [0.1, 0.15) is 5.75 Å². The maximum absolute atomic E-state index is 12.3. The number of hydrogen-bond donors (Lipinski definition) is 1. The van der Waals surface area contributed by atoms with Gasteiger partial charge in [-0.15, -0.1) is 0 Å². The number of aromatic nitrogens is 2. The molecule has 0 atom stereocenters. The van der Waals surface area contributed by atoms with E-state index in [1.807, 2.05) is 42.5 Å². The summed E-state index contributed by atoms with van der Waals surface area (Å²) in [6.45, 7) is 0.233. The molecule has 124 valence electrons. The Balaban J connectivity index is 1.47. The van der Waals surface area contributed by atoms with Crippen LogP contribution in [0.25, 0.3) is 10.8 Å². The van der Waals surface area contributed by atoms with E-state index in [1.54, 1.807) is 0 Å². The molecule has 1 heterocycles. The molecule has 0 aliphatic heterocycles. The van der Waals surface area contributed by atoms with Crippen LogP contribution < -0.4 is 4.72 Å². The number of hydrogen-bond acceptors (Lipinski definition) is 5. The SMILES string of the molecule is O=S(=O)(Cc1noc(C2CC2)n1)NCc1cccc2ccccc12. The van der Waals surface area contributed by atoms with Crippen molar-refractivity contribution in [3.8, 4) is 0 Å². The molecule has 4 rings (SSSR count). The Morgan fingerprint density at radius 1 is 1.12 bits per heavy atom. The van der Waals surface area contributed by atoms with Gasteiger partial charge in [-0.3, -0.25) is 0 Å². The van der Waals surface area contributed by atoms with Crippen LogP contribution >= 0.6 is 0 Å². The normalized spacial score (nSPS) is 15.0. The second-order valence-electron chi connectivity index (χ2n) is 6.04. The van der Waals surface area contributed by atoms with E-state index < -0.39 is 10.0 Å². The first-order valence-corrected chi connectivity index (χ1v) is 9.52. The van der Waals surface area contributed by atoms with Crippen LogP contribution in [0.2, 0.25) is 0 Å². The lowest BCUT2D eigenvalue weighted by molar-refractivity contribution is 0.375. The summed E-state index contributed by atoms with van der Waals surface area (Å²) in [4.78, 5) is 4.17. The van der Waals surface area contributed by atoms with Crippen LogP contribution in [0.3, 0.4) is 0 Å². The molecule has 0 saturated heterocycles. The molecule has 3 aromatic rings. The van der Waals surface area contributed by atoms with Gasteiger partial charge in [-0.2, -0.15) is 4.98 Å². The minimum atomic E-state index is -3.53. The first kappa shape index (κ1) is 15.3. The molecule has 0 bridgehead atoms. The predicted octanol–water partition coefficient (Wildman–Crippen LogP) is 2.72. The number of rotatable bonds is 6. The second-order valence-corrected chi connectivity index (χ2v) is 7.85. The van der Waals surface area contributed by atoms with Crippen LogP contribution in [-0.2, 0) is 22.3 Å². The van der Waals surface area contributed by atoms with Crippen molar-refractivity contribution in [2.24, 2.45) is 0 Å². The molecule has 1 aliphatic rings. The third-order valence-electron chi connectivity index (χ3n) is 4.09. The molecule has 2 aromatic carbocycles. The van der Waals surface area contributed by atoms with Crippen molar-refractivity contribution in [2.45, 2.75) is 31.1 Å². The molecular weight excluding hydrogens is 326 g/mol. The van der Waals surface area contributed by atoms with Gasteiger partial charge in [-0.1, -0.05) is 47.6 Å². The fourth-order valence-electron chi connectivity index (χ4n) is 2.68. The van der Waals surface area contributed by atoms with Gasteiger partial charge in [-0.25, -0.2) is 13.1 Å². The Labute approximate surface area is 139 Å². The van der Waals surface area contributed by atoms with Crippen molar-refractivity contribution in [3.63, 3.8) is 0 Å². The smallest absolute Gasteiger partial charge is 0.229 e. The Morgan fingerprint density at radius 3 is 2.75 bits per heavy atom. The van der Waals surface area contributed by atoms with Crippen molar-refractivity contribution in [3.05, 3.63) is 59.7 Å². The summed E-state index contributed by atoms with van der Waals surface area (Å²) >= 11 is 0. The highest BCUT2D eigenvalue weighted by Gasteiger charge is 2.30. The largest absolute Gasteiger partial charge is 0.339 e. The van der Waals surface area contributed by atoms with E-state index in [4.69, 9.17) is 4.52 Å². The highest BCUT2D eigenvalue weighted by Crippen LogP contribution is 2.38. The van der Waals surface area contributed by atoms with Crippen LogP contribution in [0, 0.1) is 0 Å². The molecule has 0 radical (unpaired) electrons. The maximum Gasteiger partial charge on any atom is 0.229 e. The standard InChI is InChI=1S/C17H17N3O3S/c21-24(22,11-16-19-17(23-20-16)13-8-9-13)18-10-14-6-3-5-12-4-1-2-7-15(12)14/h1-7,13,18H,8-11H2. The monoisotopic (exact) mass is 343 g/mol. The van der Waals surface area contributed by atoms with Gasteiger partial charge >= 0.3 is 0 Å². The molecule has 1 fully saturated rings. The number of sulfonamides is 1. The van der Waals surface area contributed by atoms with Gasteiger partial charge < -0.3 is 4.52 Å². The van der Waals surface area contributed by atoms with Gasteiger partial charge in [-0.05, 0) is 29.2 Å². The lowest BCUT2D eigenvalue weighted by Gasteiger charge is -2.08. The number of nitrogens with zero attached hydrogens (tertiary/aromatic N) is 2. The molecule has 0 amide bonds. The maximum atomic E-state index is 12.3. The van der Waals surface area contributed by atoms with E-state index >= 15 is 0 Å². The lowest BCUT2D eigenvalue weighted by atomic mass is 10.1. The highest BCUT2D eigenvalue weighted by molar-refractivity contribution is 7.88. The zero-order valence-corrected chi connectivity index (χ0v) is 13.8. The molecule has 0 spiro atoms. The summed E-state index contributed by atoms with van der Waals surface area (Å²) < 4.78 is 32.3. The van der Waals surface area contributed by atoms with Crippen LogP contribution in [0.5, 0.6) is 0 Å². The van der Waals surface area contributed by atoms with Crippen molar-refractivity contribution in [1.82, 2.24) is 14.9 Å². The molecule has 1 N–H and O–H groups in total. The summed E-state index contributed by atoms with van der Waals surface area (Å²) in [5.41, 5.74) is 0.934. The topological polar surface area (TPSA) is 85.1 Å². The molecule has 1 aromatic heterocycles. The van der Waals surface area contributed by atoms with E-state index in [0.29, 0.717) is 11.8 Å². The summed E-state index contributed by atoms with van der Waals surface area (Å²) in [7, 11) is -3.53. The van der Waals surface area contributed by atoms with Gasteiger partial charge in [0.2, 0.25) is 15.9 Å². The Kier molecular flexibility index (Phi) is 3.82. The Hall–Kier alpha value is -2.25. The molecule has 0 unspecified atom stereocenters. The van der Waals surface area contributed by atoms with Crippen LogP contribution in [-0.4, -0.2) is 18.6 Å². The number of benzene rings is 2. The summed E-state index contributed by atoms with van der Waals surface area (Å²) in [5.74, 6) is 0.808. The molecule has 6 nitrogen and oxygen atoms in total. The summed E-state index contributed by atoms with van der Waals surface area (Å²) in [6.07, 6.45) is 2.07. The molecule has 1 aliphatic carbocycles. The molecule has 7 heteroatoms. The van der Waals surface area contributed by atoms with E-state index in [2.05, 4.69) is 14.9 Å². The van der Waals surface area contributed by atoms with Crippen molar-refractivity contribution < 1.29 is 12.9 Å².